The van der Waals surface area contributed by atoms with Crippen LogP contribution in [0.3, 0.4) is 0 Å². The van der Waals surface area contributed by atoms with E-state index in [9.17, 15) is 0 Å². The molecule has 2 aliphatic heterocycles. The third-order valence-electron chi connectivity index (χ3n) is 15.5. The number of aromatic amines is 2. The van der Waals surface area contributed by atoms with Gasteiger partial charge in [0, 0.05) is 43.8 Å². The molecule has 12 nitrogen and oxygen atoms in total. The lowest BCUT2D eigenvalue weighted by Gasteiger charge is -2.08. The van der Waals surface area contributed by atoms with Gasteiger partial charge in [0.15, 0.2) is 23.3 Å². The number of ether oxygens (including phenoxy) is 4. The minimum absolute atomic E-state index is 0.420. The van der Waals surface area contributed by atoms with E-state index in [0.717, 1.165) is 88.3 Å². The number of nitrogens with one attached hydrogen (secondary N) is 2. The van der Waals surface area contributed by atoms with Crippen molar-refractivity contribution in [2.45, 2.75) is 0 Å². The first-order valence-corrected chi connectivity index (χ1v) is 31.9. The van der Waals surface area contributed by atoms with E-state index in [1.165, 1.54) is 0 Å². The molecule has 2 N–H and O–H groups in total. The predicted octanol–water partition coefficient (Wildman–Crippen LogP) is 21.0. The molecule has 0 saturated carbocycles. The molecule has 0 radical (unpaired) electrons. The van der Waals surface area contributed by atoms with Crippen molar-refractivity contribution in [1.29, 1.82) is 0 Å². The molecule has 0 amide bonds. The third-order valence-corrected chi connectivity index (χ3v) is 18.2. The molecule has 0 spiro atoms. The molecular formula is C72H42N8O4S4. The van der Waals surface area contributed by atoms with E-state index >= 15 is 0 Å². The smallest absolute Gasteiger partial charge is 0.164 e. The van der Waals surface area contributed by atoms with Crippen molar-refractivity contribution in [1.82, 2.24) is 39.9 Å². The fraction of sp³-hybridized carbons (Fsp3) is 0. The molecule has 0 saturated heterocycles. The Morgan fingerprint density at radius 3 is 0.807 bits per heavy atom. The van der Waals surface area contributed by atoms with Gasteiger partial charge >= 0.3 is 0 Å². The second-order valence-electron chi connectivity index (χ2n) is 21.0. The van der Waals surface area contributed by atoms with Gasteiger partial charge in [0.25, 0.3) is 0 Å². The molecule has 0 aliphatic carbocycles. The molecule has 8 bridgehead atoms. The molecular weight excluding hydrogens is 1170 g/mol. The van der Waals surface area contributed by atoms with Crippen LogP contribution in [0.15, 0.2) is 237 Å². The van der Waals surface area contributed by atoms with Gasteiger partial charge in [-0.3, -0.25) is 0 Å². The molecule has 88 heavy (non-hydrogen) atoms. The number of nitrogens with zero attached hydrogens (tertiary/aromatic N) is 6. The summed E-state index contributed by atoms with van der Waals surface area (Å²) in [7, 11) is 0. The summed E-state index contributed by atoms with van der Waals surface area (Å²) >= 11 is 6.68. The molecule has 0 fully saturated rings. The summed E-state index contributed by atoms with van der Waals surface area (Å²) < 4.78 is 26.3. The summed E-state index contributed by atoms with van der Waals surface area (Å²) in [6, 6.07) is 64.5. The molecule has 8 aromatic carbocycles. The van der Waals surface area contributed by atoms with E-state index in [-0.39, 0.29) is 0 Å². The van der Waals surface area contributed by atoms with Crippen LogP contribution >= 0.6 is 45.3 Å². The van der Waals surface area contributed by atoms with Crippen molar-refractivity contribution < 1.29 is 18.9 Å². The van der Waals surface area contributed by atoms with E-state index in [1.54, 1.807) is 45.3 Å². The Bertz CT molecular complexity index is 4970. The van der Waals surface area contributed by atoms with E-state index in [4.69, 9.17) is 48.9 Å². The maximum atomic E-state index is 6.58. The van der Waals surface area contributed by atoms with Crippen LogP contribution in [0, 0.1) is 0 Å². The number of aromatic nitrogens is 8. The van der Waals surface area contributed by atoms with E-state index < -0.39 is 0 Å². The van der Waals surface area contributed by atoms with Gasteiger partial charge in [-0.2, -0.15) is 45.3 Å². The summed E-state index contributed by atoms with van der Waals surface area (Å²) in [5.41, 5.74) is 14.1. The number of fused-ring (bicyclic) bond motifs is 20. The molecule has 17 rings (SSSR count). The van der Waals surface area contributed by atoms with Crippen molar-refractivity contribution in [2.24, 2.45) is 0 Å². The fourth-order valence-electron chi connectivity index (χ4n) is 11.1. The van der Waals surface area contributed by atoms with Crippen LogP contribution in [0.5, 0.6) is 46.0 Å². The number of rotatable bonds is 12. The quantitative estimate of drug-likeness (QED) is 0.121. The summed E-state index contributed by atoms with van der Waals surface area (Å²) in [5, 5.41) is 19.9. The summed E-state index contributed by atoms with van der Waals surface area (Å²) in [6.07, 6.45) is 0. The number of hydrogen-bond donors (Lipinski definition) is 2. The van der Waals surface area contributed by atoms with Crippen molar-refractivity contribution in [3.05, 3.63) is 237 Å². The number of hydrogen-bond acceptors (Lipinski definition) is 14. The molecule has 0 atom stereocenters. The lowest BCUT2D eigenvalue weighted by Crippen LogP contribution is -1.88. The molecule has 9 heterocycles. The number of thiophene rings is 4. The summed E-state index contributed by atoms with van der Waals surface area (Å²) in [6.45, 7) is 0. The minimum atomic E-state index is 0.420. The van der Waals surface area contributed by atoms with Crippen LogP contribution in [0.1, 0.15) is 0 Å². The highest BCUT2D eigenvalue weighted by molar-refractivity contribution is 7.09. The van der Waals surface area contributed by atoms with Gasteiger partial charge in [0.1, 0.15) is 68.6 Å². The van der Waals surface area contributed by atoms with Crippen LogP contribution in [0.2, 0.25) is 0 Å². The van der Waals surface area contributed by atoms with Gasteiger partial charge in [-0.05, 0) is 233 Å². The summed E-state index contributed by atoms with van der Waals surface area (Å²) in [4.78, 5) is 39.2. The number of benzene rings is 8. The SMILES string of the molecule is c1cc(-c2ccc(Oc3ccc4c(c3)-c3nc-4nc4[nH]c(nc5nc(nc6[nH]c(n3)c3ccc(Oc7ccc(-c8ccsc8)cc7)cc63)-c3ccc(Oc6ccc(-c7ccsc7)cc6)cc3-5)c3ccc(Oc5ccc(-c6ccsc6)cc5)cc43)cc2)cs1. The highest BCUT2D eigenvalue weighted by Gasteiger charge is 2.25. The highest BCUT2D eigenvalue weighted by Crippen LogP contribution is 2.43. The standard InChI is InChI=1S/C72H42N8O4S4/c1-9-49(10-2-41(1)45-25-29-85-37-45)81-53-17-21-57-61(33-53)69-73-65(57)78-70-63-35-55(83-51-13-5-43(6-14-51)47-27-31-87-39-47)19-23-59(63)67(75-70)80-72-64-36-56(84-52-15-7-44(8-16-52)48-28-32-88-40-48)20-24-60(64)68(76-72)79-71-62-34-54(18-22-58(62)66(74-71)77-69)82-50-11-3-42(4-12-50)46-26-30-86-38-46/h1-40H,(H2,73,74,75,76,77,78,79,80). The van der Waals surface area contributed by atoms with Crippen molar-refractivity contribution >= 4 is 89.5 Å². The van der Waals surface area contributed by atoms with Crippen molar-refractivity contribution in [3.8, 4) is 136 Å². The van der Waals surface area contributed by atoms with E-state index in [2.05, 4.69) is 126 Å². The zero-order valence-corrected chi connectivity index (χ0v) is 49.3. The summed E-state index contributed by atoms with van der Waals surface area (Å²) in [5.74, 6) is 6.91. The van der Waals surface area contributed by atoms with Crippen molar-refractivity contribution in [2.75, 3.05) is 0 Å². The van der Waals surface area contributed by atoms with Gasteiger partial charge in [-0.15, -0.1) is 0 Å². The Labute approximate surface area is 518 Å². The average Bonchev–Trinajstić information content (AvgIpc) is 2.34. The maximum absolute atomic E-state index is 6.58. The largest absolute Gasteiger partial charge is 0.457 e. The molecule has 15 aromatic rings. The Kier molecular flexibility index (Phi) is 12.6. The minimum Gasteiger partial charge on any atom is -0.457 e. The first-order chi connectivity index (χ1) is 43.5. The van der Waals surface area contributed by atoms with E-state index in [0.29, 0.717) is 91.9 Å². The Morgan fingerprint density at radius 1 is 0.227 bits per heavy atom. The lowest BCUT2D eigenvalue weighted by atomic mass is 10.1. The average molecular weight is 1210 g/mol. The Balaban J connectivity index is 0.843. The maximum Gasteiger partial charge on any atom is 0.164 e. The Hall–Kier alpha value is -10.9. The monoisotopic (exact) mass is 1210 g/mol. The van der Waals surface area contributed by atoms with Gasteiger partial charge in [0.2, 0.25) is 0 Å². The van der Waals surface area contributed by atoms with Crippen LogP contribution in [0.25, 0.3) is 134 Å². The van der Waals surface area contributed by atoms with E-state index in [1.807, 2.05) is 121 Å². The van der Waals surface area contributed by atoms with Gasteiger partial charge in [-0.25, -0.2) is 29.9 Å². The zero-order chi connectivity index (χ0) is 58.1. The zero-order valence-electron chi connectivity index (χ0n) is 46.0. The van der Waals surface area contributed by atoms with Crippen molar-refractivity contribution in [3.63, 3.8) is 0 Å². The Morgan fingerprint density at radius 2 is 0.500 bits per heavy atom. The number of H-pyrrole nitrogens is 2. The van der Waals surface area contributed by atoms with Gasteiger partial charge in [0.05, 0.1) is 0 Å². The topological polar surface area (TPSA) is 146 Å². The highest BCUT2D eigenvalue weighted by atomic mass is 32.1. The predicted molar refractivity (Wildman–Crippen MR) is 355 cm³/mol. The third kappa shape index (κ3) is 9.81. The fourth-order valence-corrected chi connectivity index (χ4v) is 13.7. The van der Waals surface area contributed by atoms with Crippen LogP contribution < -0.4 is 18.9 Å². The second kappa shape index (κ2) is 21.6. The molecule has 418 valence electrons. The van der Waals surface area contributed by atoms with Gasteiger partial charge < -0.3 is 28.9 Å². The lowest BCUT2D eigenvalue weighted by molar-refractivity contribution is 0.483. The molecule has 2 aliphatic rings. The molecule has 7 aromatic heterocycles. The van der Waals surface area contributed by atoms with Crippen LogP contribution in [0.4, 0.5) is 0 Å². The van der Waals surface area contributed by atoms with Crippen LogP contribution in [-0.2, 0) is 0 Å². The van der Waals surface area contributed by atoms with Gasteiger partial charge in [-0.1, -0.05) is 48.5 Å². The molecule has 0 unspecified atom stereocenters. The van der Waals surface area contributed by atoms with Crippen LogP contribution in [-0.4, -0.2) is 39.9 Å². The molecule has 16 heteroatoms. The normalized spacial score (nSPS) is 11.6. The second-order valence-corrected chi connectivity index (χ2v) is 24.1. The first-order valence-electron chi connectivity index (χ1n) is 28.1. The first kappa shape index (κ1) is 51.5.